The molecule has 1 fully saturated rings. The molecule has 0 saturated heterocycles. The molecule has 1 aliphatic rings. The van der Waals surface area contributed by atoms with Gasteiger partial charge in [0.15, 0.2) is 0 Å². The van der Waals surface area contributed by atoms with Gasteiger partial charge in [-0.2, -0.15) is 0 Å². The zero-order chi connectivity index (χ0) is 11.8. The van der Waals surface area contributed by atoms with Gasteiger partial charge in [0.1, 0.15) is 0 Å². The lowest BCUT2D eigenvalue weighted by atomic mass is 9.70. The van der Waals surface area contributed by atoms with E-state index in [4.69, 9.17) is 11.6 Å². The maximum absolute atomic E-state index is 10.7. The van der Waals surface area contributed by atoms with E-state index < -0.39 is 5.60 Å². The molecule has 0 radical (unpaired) electrons. The number of hydrogen-bond donors (Lipinski definition) is 1. The van der Waals surface area contributed by atoms with E-state index in [2.05, 4.69) is 13.8 Å². The molecule has 0 spiro atoms. The Kier molecular flexibility index (Phi) is 3.27. The van der Waals surface area contributed by atoms with E-state index in [-0.39, 0.29) is 0 Å². The average Bonchev–Trinajstić information content (AvgIpc) is 2.24. The van der Waals surface area contributed by atoms with Gasteiger partial charge in [-0.3, -0.25) is 0 Å². The van der Waals surface area contributed by atoms with Crippen LogP contribution < -0.4 is 0 Å². The Labute approximate surface area is 102 Å². The Balaban J connectivity index is 2.26. The average molecular weight is 239 g/mol. The van der Waals surface area contributed by atoms with Gasteiger partial charge in [-0.1, -0.05) is 37.6 Å². The summed E-state index contributed by atoms with van der Waals surface area (Å²) >= 11 is 5.98. The predicted molar refractivity (Wildman–Crippen MR) is 67.5 cm³/mol. The van der Waals surface area contributed by atoms with Crippen molar-refractivity contribution >= 4 is 11.6 Å². The summed E-state index contributed by atoms with van der Waals surface area (Å²) in [6.45, 7) is 4.49. The van der Waals surface area contributed by atoms with Crippen molar-refractivity contribution < 1.29 is 5.11 Å². The fourth-order valence-corrected chi connectivity index (χ4v) is 2.82. The first-order valence-corrected chi connectivity index (χ1v) is 6.37. The van der Waals surface area contributed by atoms with Crippen LogP contribution in [0.3, 0.4) is 0 Å². The molecule has 3 unspecified atom stereocenters. The zero-order valence-electron chi connectivity index (χ0n) is 9.91. The van der Waals surface area contributed by atoms with Gasteiger partial charge in [0, 0.05) is 5.02 Å². The van der Waals surface area contributed by atoms with Crippen LogP contribution in [0.5, 0.6) is 0 Å². The molecule has 2 heteroatoms. The highest BCUT2D eigenvalue weighted by molar-refractivity contribution is 6.30. The van der Waals surface area contributed by atoms with E-state index >= 15 is 0 Å². The summed E-state index contributed by atoms with van der Waals surface area (Å²) < 4.78 is 0. The molecular formula is C14H19ClO. The standard InChI is InChI=1S/C14H19ClO/c1-10-6-7-14(16,9-11(10)2)12-4-3-5-13(15)8-12/h3-5,8,10-11,16H,6-7,9H2,1-2H3. The van der Waals surface area contributed by atoms with Gasteiger partial charge >= 0.3 is 0 Å². The SMILES string of the molecule is CC1CCC(O)(c2cccc(Cl)c2)CC1C. The van der Waals surface area contributed by atoms with Crippen molar-refractivity contribution in [2.24, 2.45) is 11.8 Å². The van der Waals surface area contributed by atoms with Gasteiger partial charge in [-0.05, 0) is 48.8 Å². The molecule has 1 aliphatic carbocycles. The summed E-state index contributed by atoms with van der Waals surface area (Å²) in [5.41, 5.74) is 0.301. The number of aliphatic hydroxyl groups is 1. The highest BCUT2D eigenvalue weighted by Gasteiger charge is 2.37. The van der Waals surface area contributed by atoms with Crippen LogP contribution in [-0.2, 0) is 5.60 Å². The van der Waals surface area contributed by atoms with Crippen molar-refractivity contribution in [2.75, 3.05) is 0 Å². The molecule has 0 aromatic heterocycles. The van der Waals surface area contributed by atoms with Gasteiger partial charge in [-0.25, -0.2) is 0 Å². The van der Waals surface area contributed by atoms with Crippen LogP contribution in [0.1, 0.15) is 38.7 Å². The molecule has 0 bridgehead atoms. The van der Waals surface area contributed by atoms with Crippen LogP contribution in [-0.4, -0.2) is 5.11 Å². The first-order chi connectivity index (χ1) is 7.51. The Bertz CT molecular complexity index is 377. The minimum absolute atomic E-state index is 0.567. The van der Waals surface area contributed by atoms with Gasteiger partial charge in [0.05, 0.1) is 5.60 Å². The van der Waals surface area contributed by atoms with Crippen molar-refractivity contribution in [3.63, 3.8) is 0 Å². The molecular weight excluding hydrogens is 220 g/mol. The number of hydrogen-bond acceptors (Lipinski definition) is 1. The summed E-state index contributed by atoms with van der Waals surface area (Å²) in [6.07, 6.45) is 2.78. The van der Waals surface area contributed by atoms with E-state index in [0.717, 1.165) is 24.8 Å². The van der Waals surface area contributed by atoms with E-state index in [0.29, 0.717) is 16.9 Å². The molecule has 1 aromatic carbocycles. The van der Waals surface area contributed by atoms with Crippen molar-refractivity contribution in [3.8, 4) is 0 Å². The monoisotopic (exact) mass is 238 g/mol. The number of benzene rings is 1. The Morgan fingerprint density at radius 2 is 2.06 bits per heavy atom. The van der Waals surface area contributed by atoms with Crippen LogP contribution >= 0.6 is 11.6 Å². The molecule has 0 amide bonds. The second-order valence-electron chi connectivity index (χ2n) is 5.24. The van der Waals surface area contributed by atoms with Crippen LogP contribution in [0.15, 0.2) is 24.3 Å². The van der Waals surface area contributed by atoms with E-state index in [1.54, 1.807) is 0 Å². The van der Waals surface area contributed by atoms with Crippen molar-refractivity contribution in [1.82, 2.24) is 0 Å². The topological polar surface area (TPSA) is 20.2 Å². The summed E-state index contributed by atoms with van der Waals surface area (Å²) in [7, 11) is 0. The molecule has 1 saturated carbocycles. The fourth-order valence-electron chi connectivity index (χ4n) is 2.63. The van der Waals surface area contributed by atoms with Crippen molar-refractivity contribution in [1.29, 1.82) is 0 Å². The summed E-state index contributed by atoms with van der Waals surface area (Å²) in [5.74, 6) is 1.28. The molecule has 0 aliphatic heterocycles. The number of halogens is 1. The van der Waals surface area contributed by atoms with Crippen LogP contribution in [0, 0.1) is 11.8 Å². The molecule has 88 valence electrons. The second-order valence-corrected chi connectivity index (χ2v) is 5.68. The van der Waals surface area contributed by atoms with Gasteiger partial charge in [0.2, 0.25) is 0 Å². The minimum Gasteiger partial charge on any atom is -0.385 e. The van der Waals surface area contributed by atoms with Gasteiger partial charge in [0.25, 0.3) is 0 Å². The Morgan fingerprint density at radius 1 is 1.31 bits per heavy atom. The summed E-state index contributed by atoms with van der Waals surface area (Å²) in [5, 5.41) is 11.4. The molecule has 3 atom stereocenters. The smallest absolute Gasteiger partial charge is 0.0899 e. The lowest BCUT2D eigenvalue weighted by molar-refractivity contribution is -0.0336. The minimum atomic E-state index is -0.670. The van der Waals surface area contributed by atoms with Gasteiger partial charge < -0.3 is 5.11 Å². The van der Waals surface area contributed by atoms with E-state index in [9.17, 15) is 5.11 Å². The highest BCUT2D eigenvalue weighted by Crippen LogP contribution is 2.42. The van der Waals surface area contributed by atoms with Crippen molar-refractivity contribution in [3.05, 3.63) is 34.9 Å². The first-order valence-electron chi connectivity index (χ1n) is 6.00. The first kappa shape index (κ1) is 11.9. The fraction of sp³-hybridized carbons (Fsp3) is 0.571. The third-order valence-corrected chi connectivity index (χ3v) is 4.24. The van der Waals surface area contributed by atoms with Gasteiger partial charge in [-0.15, -0.1) is 0 Å². The normalized spacial score (nSPS) is 35.0. The lowest BCUT2D eigenvalue weighted by Crippen LogP contribution is -2.35. The molecule has 2 rings (SSSR count). The Morgan fingerprint density at radius 3 is 2.69 bits per heavy atom. The maximum Gasteiger partial charge on any atom is 0.0899 e. The maximum atomic E-state index is 10.7. The van der Waals surface area contributed by atoms with E-state index in [1.807, 2.05) is 24.3 Å². The Hall–Kier alpha value is -0.530. The second kappa shape index (κ2) is 4.38. The van der Waals surface area contributed by atoms with E-state index in [1.165, 1.54) is 0 Å². The van der Waals surface area contributed by atoms with Crippen LogP contribution in [0.25, 0.3) is 0 Å². The molecule has 1 nitrogen and oxygen atoms in total. The number of rotatable bonds is 1. The molecule has 1 N–H and O–H groups in total. The highest BCUT2D eigenvalue weighted by atomic mass is 35.5. The predicted octanol–water partition coefficient (Wildman–Crippen LogP) is 3.98. The van der Waals surface area contributed by atoms with Crippen LogP contribution in [0.2, 0.25) is 5.02 Å². The quantitative estimate of drug-likeness (QED) is 0.785. The largest absolute Gasteiger partial charge is 0.385 e. The molecule has 16 heavy (non-hydrogen) atoms. The molecule has 1 aromatic rings. The molecule has 0 heterocycles. The third-order valence-electron chi connectivity index (χ3n) is 4.01. The lowest BCUT2D eigenvalue weighted by Gasteiger charge is -2.39. The summed E-state index contributed by atoms with van der Waals surface area (Å²) in [4.78, 5) is 0. The van der Waals surface area contributed by atoms with Crippen LogP contribution in [0.4, 0.5) is 0 Å². The third kappa shape index (κ3) is 2.26. The summed E-state index contributed by atoms with van der Waals surface area (Å²) in [6, 6.07) is 7.64. The zero-order valence-corrected chi connectivity index (χ0v) is 10.7. The van der Waals surface area contributed by atoms with Crippen molar-refractivity contribution in [2.45, 2.75) is 38.7 Å².